The minimum atomic E-state index is -0.632. The van der Waals surface area contributed by atoms with E-state index in [0.717, 1.165) is 11.3 Å². The van der Waals surface area contributed by atoms with Crippen LogP contribution in [0, 0.1) is 5.92 Å². The van der Waals surface area contributed by atoms with Gasteiger partial charge in [0.2, 0.25) is 0 Å². The number of allylic oxidation sites excluding steroid dienone is 3. The number of Topliss-reactive ketones (excluding diaryl/α,β-unsaturated/α-hetero) is 1. The Morgan fingerprint density at radius 3 is 2.58 bits per heavy atom. The van der Waals surface area contributed by atoms with E-state index in [4.69, 9.17) is 21.1 Å². The molecule has 0 saturated heterocycles. The molecule has 0 spiro atoms. The summed E-state index contributed by atoms with van der Waals surface area (Å²) in [6.07, 6.45) is 2.38. The zero-order valence-electron chi connectivity index (χ0n) is 18.7. The SMILES string of the molecule is CCOC(=O)C1=C(C)NC2=CC(c3ccccc3)CC(=O)C2C1c1cc(Cl)c(O)c(OC)c1. The molecular formula is C26H26ClNO5. The summed E-state index contributed by atoms with van der Waals surface area (Å²) in [5.74, 6) is -1.80. The molecular weight excluding hydrogens is 442 g/mol. The van der Waals surface area contributed by atoms with Gasteiger partial charge in [0, 0.05) is 29.7 Å². The summed E-state index contributed by atoms with van der Waals surface area (Å²) in [5.41, 5.74) is 3.39. The lowest BCUT2D eigenvalue weighted by Crippen LogP contribution is -2.42. The molecule has 7 heteroatoms. The molecule has 2 aliphatic rings. The maximum Gasteiger partial charge on any atom is 0.336 e. The van der Waals surface area contributed by atoms with E-state index < -0.39 is 17.8 Å². The number of carbonyl (C=O) groups excluding carboxylic acids is 2. The highest BCUT2D eigenvalue weighted by Crippen LogP contribution is 2.48. The molecule has 0 amide bonds. The van der Waals surface area contributed by atoms with E-state index >= 15 is 0 Å². The minimum Gasteiger partial charge on any atom is -0.503 e. The van der Waals surface area contributed by atoms with Crippen LogP contribution in [0.2, 0.25) is 5.02 Å². The Morgan fingerprint density at radius 1 is 1.18 bits per heavy atom. The molecule has 0 aromatic heterocycles. The van der Waals surface area contributed by atoms with E-state index in [9.17, 15) is 14.7 Å². The number of hydrogen-bond donors (Lipinski definition) is 2. The van der Waals surface area contributed by atoms with E-state index in [1.165, 1.54) is 7.11 Å². The highest BCUT2D eigenvalue weighted by atomic mass is 35.5. The first kappa shape index (κ1) is 22.9. The first-order valence-corrected chi connectivity index (χ1v) is 11.2. The van der Waals surface area contributed by atoms with Crippen LogP contribution in [-0.2, 0) is 14.3 Å². The van der Waals surface area contributed by atoms with Gasteiger partial charge in [-0.25, -0.2) is 4.79 Å². The number of nitrogens with one attached hydrogen (secondary N) is 1. The molecule has 1 aliphatic heterocycles. The lowest BCUT2D eigenvalue weighted by molar-refractivity contribution is -0.139. The Bertz CT molecular complexity index is 1150. The molecule has 172 valence electrons. The van der Waals surface area contributed by atoms with Crippen LogP contribution in [0.5, 0.6) is 11.5 Å². The lowest BCUT2D eigenvalue weighted by Gasteiger charge is -2.39. The van der Waals surface area contributed by atoms with Crippen LogP contribution in [0.15, 0.2) is 65.5 Å². The number of carbonyl (C=O) groups is 2. The van der Waals surface area contributed by atoms with E-state index in [1.807, 2.05) is 30.3 Å². The van der Waals surface area contributed by atoms with Gasteiger partial charge in [-0.3, -0.25) is 4.79 Å². The van der Waals surface area contributed by atoms with Crippen LogP contribution in [0.3, 0.4) is 0 Å². The molecule has 4 rings (SSSR count). The van der Waals surface area contributed by atoms with Crippen LogP contribution < -0.4 is 10.1 Å². The maximum atomic E-state index is 13.6. The van der Waals surface area contributed by atoms with Crippen LogP contribution in [-0.4, -0.2) is 30.6 Å². The van der Waals surface area contributed by atoms with Crippen molar-refractivity contribution < 1.29 is 24.2 Å². The van der Waals surface area contributed by atoms with Gasteiger partial charge in [0.15, 0.2) is 11.5 Å². The molecule has 3 atom stereocenters. The van der Waals surface area contributed by atoms with Crippen molar-refractivity contribution >= 4 is 23.4 Å². The molecule has 2 aromatic rings. The van der Waals surface area contributed by atoms with E-state index in [1.54, 1.807) is 26.0 Å². The van der Waals surface area contributed by atoms with Gasteiger partial charge in [0.25, 0.3) is 0 Å². The zero-order valence-corrected chi connectivity index (χ0v) is 19.5. The number of aromatic hydroxyl groups is 1. The second kappa shape index (κ2) is 9.32. The van der Waals surface area contributed by atoms with Gasteiger partial charge in [0.1, 0.15) is 5.78 Å². The van der Waals surface area contributed by atoms with Gasteiger partial charge < -0.3 is 19.9 Å². The largest absolute Gasteiger partial charge is 0.503 e. The third kappa shape index (κ3) is 4.23. The van der Waals surface area contributed by atoms with Gasteiger partial charge >= 0.3 is 5.97 Å². The molecule has 0 fully saturated rings. The molecule has 0 bridgehead atoms. The van der Waals surface area contributed by atoms with Gasteiger partial charge in [-0.15, -0.1) is 0 Å². The molecule has 1 aliphatic carbocycles. The van der Waals surface area contributed by atoms with Crippen molar-refractivity contribution in [3.8, 4) is 11.5 Å². The summed E-state index contributed by atoms with van der Waals surface area (Å²) in [5, 5.41) is 13.6. The van der Waals surface area contributed by atoms with Crippen molar-refractivity contribution in [3.05, 3.63) is 81.7 Å². The van der Waals surface area contributed by atoms with Crippen molar-refractivity contribution in [2.24, 2.45) is 5.92 Å². The van der Waals surface area contributed by atoms with Crippen LogP contribution in [0.25, 0.3) is 0 Å². The summed E-state index contributed by atoms with van der Waals surface area (Å²) >= 11 is 6.28. The van der Waals surface area contributed by atoms with Crippen molar-refractivity contribution in [1.29, 1.82) is 0 Å². The van der Waals surface area contributed by atoms with Gasteiger partial charge in [-0.2, -0.15) is 0 Å². The monoisotopic (exact) mass is 467 g/mol. The second-order valence-electron chi connectivity index (χ2n) is 8.20. The number of ketones is 1. The van der Waals surface area contributed by atoms with Crippen molar-refractivity contribution in [2.75, 3.05) is 13.7 Å². The fraction of sp³-hybridized carbons (Fsp3) is 0.308. The van der Waals surface area contributed by atoms with Crippen molar-refractivity contribution in [1.82, 2.24) is 5.32 Å². The third-order valence-corrected chi connectivity index (χ3v) is 6.50. The highest BCUT2D eigenvalue weighted by molar-refractivity contribution is 6.32. The normalized spacial score (nSPS) is 22.2. The number of methoxy groups -OCH3 is 1. The molecule has 2 aromatic carbocycles. The molecule has 3 unspecified atom stereocenters. The quantitative estimate of drug-likeness (QED) is 0.612. The Hall–Kier alpha value is -3.25. The number of ether oxygens (including phenoxy) is 2. The molecule has 1 heterocycles. The van der Waals surface area contributed by atoms with Crippen LogP contribution in [0.4, 0.5) is 0 Å². The fourth-order valence-corrected chi connectivity index (χ4v) is 4.98. The van der Waals surface area contributed by atoms with E-state index in [-0.39, 0.29) is 34.8 Å². The molecule has 6 nitrogen and oxygen atoms in total. The number of benzene rings is 2. The van der Waals surface area contributed by atoms with Crippen LogP contribution >= 0.6 is 11.6 Å². The molecule has 0 radical (unpaired) electrons. The number of rotatable bonds is 5. The van der Waals surface area contributed by atoms with E-state index in [0.29, 0.717) is 23.3 Å². The summed E-state index contributed by atoms with van der Waals surface area (Å²) < 4.78 is 10.6. The average molecular weight is 468 g/mol. The van der Waals surface area contributed by atoms with E-state index in [2.05, 4.69) is 11.4 Å². The van der Waals surface area contributed by atoms with Gasteiger partial charge in [0.05, 0.1) is 30.2 Å². The first-order valence-electron chi connectivity index (χ1n) is 10.9. The molecule has 0 saturated carbocycles. The van der Waals surface area contributed by atoms with Crippen molar-refractivity contribution in [2.45, 2.75) is 32.1 Å². The Kier molecular flexibility index (Phi) is 6.47. The number of phenols is 1. The zero-order chi connectivity index (χ0) is 23.7. The highest BCUT2D eigenvalue weighted by Gasteiger charge is 2.45. The van der Waals surface area contributed by atoms with Crippen LogP contribution in [0.1, 0.15) is 43.2 Å². The topological polar surface area (TPSA) is 84.9 Å². The Morgan fingerprint density at radius 2 is 1.91 bits per heavy atom. The smallest absolute Gasteiger partial charge is 0.336 e. The lowest BCUT2D eigenvalue weighted by atomic mass is 9.68. The molecule has 33 heavy (non-hydrogen) atoms. The Balaban J connectivity index is 1.88. The van der Waals surface area contributed by atoms with Gasteiger partial charge in [-0.05, 0) is 37.1 Å². The number of esters is 1. The Labute approximate surface area is 197 Å². The number of fused-ring (bicyclic) bond motifs is 1. The summed E-state index contributed by atoms with van der Waals surface area (Å²) in [6.45, 7) is 3.74. The first-order chi connectivity index (χ1) is 15.8. The van der Waals surface area contributed by atoms with Crippen molar-refractivity contribution in [3.63, 3.8) is 0 Å². The van der Waals surface area contributed by atoms with Gasteiger partial charge in [-0.1, -0.05) is 48.0 Å². The predicted molar refractivity (Wildman–Crippen MR) is 125 cm³/mol. The summed E-state index contributed by atoms with van der Waals surface area (Å²) in [6, 6.07) is 13.1. The minimum absolute atomic E-state index is 0.0105. The molecule has 2 N–H and O–H groups in total. The second-order valence-corrected chi connectivity index (χ2v) is 8.61. The third-order valence-electron chi connectivity index (χ3n) is 6.22. The maximum absolute atomic E-state index is 13.6. The predicted octanol–water partition coefficient (Wildman–Crippen LogP) is 4.83. The number of halogens is 1. The fourth-order valence-electron chi connectivity index (χ4n) is 4.76. The summed E-state index contributed by atoms with van der Waals surface area (Å²) in [4.78, 5) is 26.6. The average Bonchev–Trinajstić information content (AvgIpc) is 2.80. The number of hydrogen-bond acceptors (Lipinski definition) is 6. The summed E-state index contributed by atoms with van der Waals surface area (Å²) in [7, 11) is 1.42. The standard InChI is InChI=1S/C26H26ClNO5/c1-4-33-26(31)22-14(2)28-19-11-16(15-8-6-5-7-9-15)12-20(29)24(19)23(22)17-10-18(27)25(30)21(13-17)32-3/h5-11,13,16,23-24,28,30H,4,12H2,1-3H3. The number of phenolic OH excluding ortho intramolecular Hbond substituents is 1.